The number of benzene rings is 3. The normalized spacial score (nSPS) is 12.6. The Hall–Kier alpha value is -3.23. The number of carbonyl (C=O) groups excluding carboxylic acids is 2. The van der Waals surface area contributed by atoms with E-state index in [2.05, 4.69) is 5.32 Å². The fraction of sp³-hybridized carbons (Fsp3) is 0.357. The molecule has 0 aliphatic carbocycles. The first-order chi connectivity index (χ1) is 17.0. The van der Waals surface area contributed by atoms with Crippen LogP contribution in [0.4, 0.5) is 0 Å². The fourth-order valence-electron chi connectivity index (χ4n) is 4.15. The molecule has 0 aromatic heterocycles. The summed E-state index contributed by atoms with van der Waals surface area (Å²) in [5, 5.41) is 4.62. The van der Waals surface area contributed by atoms with E-state index >= 15 is 0 Å². The topological polar surface area (TPSA) is 86.8 Å². The third-order valence-electron chi connectivity index (χ3n) is 6.21. The Morgan fingerprint density at radius 1 is 0.944 bits per heavy atom. The fourth-order valence-corrected chi connectivity index (χ4v) is 5.30. The van der Waals surface area contributed by atoms with Gasteiger partial charge in [-0.3, -0.25) is 9.59 Å². The van der Waals surface area contributed by atoms with Crippen LogP contribution in [-0.4, -0.2) is 55.1 Å². The van der Waals surface area contributed by atoms with E-state index in [0.717, 1.165) is 26.2 Å². The smallest absolute Gasteiger partial charge is 0.243 e. The Bertz CT molecular complexity index is 1340. The van der Waals surface area contributed by atoms with Crippen LogP contribution in [0, 0.1) is 6.92 Å². The van der Waals surface area contributed by atoms with Crippen LogP contribution in [0.2, 0.25) is 0 Å². The van der Waals surface area contributed by atoms with E-state index in [9.17, 15) is 18.0 Å². The molecule has 0 heterocycles. The zero-order valence-corrected chi connectivity index (χ0v) is 22.4. The molecule has 2 amide bonds. The quantitative estimate of drug-likeness (QED) is 0.446. The largest absolute Gasteiger partial charge is 0.352 e. The first-order valence-corrected chi connectivity index (χ1v) is 13.6. The van der Waals surface area contributed by atoms with Crippen molar-refractivity contribution in [2.24, 2.45) is 0 Å². The van der Waals surface area contributed by atoms with Gasteiger partial charge in [-0.25, -0.2) is 8.42 Å². The van der Waals surface area contributed by atoms with E-state index < -0.39 is 22.0 Å². The van der Waals surface area contributed by atoms with Crippen molar-refractivity contribution in [3.63, 3.8) is 0 Å². The molecule has 1 atom stereocenters. The van der Waals surface area contributed by atoms with Gasteiger partial charge in [-0.1, -0.05) is 61.5 Å². The lowest BCUT2D eigenvalue weighted by Gasteiger charge is -2.32. The van der Waals surface area contributed by atoms with Crippen LogP contribution in [0.15, 0.2) is 71.6 Å². The summed E-state index contributed by atoms with van der Waals surface area (Å²) in [5.74, 6) is -0.689. The number of carbonyl (C=O) groups is 2. The molecule has 0 aliphatic heterocycles. The number of hydrogen-bond donors (Lipinski definition) is 1. The molecule has 1 N–H and O–H groups in total. The molecule has 36 heavy (non-hydrogen) atoms. The van der Waals surface area contributed by atoms with Gasteiger partial charge >= 0.3 is 0 Å². The van der Waals surface area contributed by atoms with Crippen LogP contribution in [0.3, 0.4) is 0 Å². The lowest BCUT2D eigenvalue weighted by molar-refractivity contribution is -0.141. The average Bonchev–Trinajstić information content (AvgIpc) is 2.84. The molecule has 0 unspecified atom stereocenters. The third kappa shape index (κ3) is 6.30. The number of amides is 2. The molecular formula is C28H35N3O4S. The highest BCUT2D eigenvalue weighted by molar-refractivity contribution is 7.89. The van der Waals surface area contributed by atoms with Crippen molar-refractivity contribution in [1.29, 1.82) is 0 Å². The molecule has 8 heteroatoms. The number of nitrogens with one attached hydrogen (secondary N) is 1. The van der Waals surface area contributed by atoms with E-state index in [1.807, 2.05) is 76.2 Å². The van der Waals surface area contributed by atoms with Gasteiger partial charge in [0.05, 0.1) is 11.4 Å². The van der Waals surface area contributed by atoms with Crippen molar-refractivity contribution in [2.45, 2.75) is 57.6 Å². The summed E-state index contributed by atoms with van der Waals surface area (Å²) in [4.78, 5) is 28.2. The highest BCUT2D eigenvalue weighted by Gasteiger charge is 2.32. The molecule has 3 rings (SSSR count). The van der Waals surface area contributed by atoms with Crippen LogP contribution in [0.1, 0.15) is 38.3 Å². The molecule has 0 radical (unpaired) electrons. The number of aryl methyl sites for hydroxylation is 1. The molecular weight excluding hydrogens is 474 g/mol. The van der Waals surface area contributed by atoms with Gasteiger partial charge in [-0.15, -0.1) is 0 Å². The lowest BCUT2D eigenvalue weighted by Crippen LogP contribution is -2.52. The van der Waals surface area contributed by atoms with Gasteiger partial charge in [0.25, 0.3) is 0 Å². The zero-order valence-electron chi connectivity index (χ0n) is 21.6. The minimum absolute atomic E-state index is 0.0853. The molecule has 7 nitrogen and oxygen atoms in total. The summed E-state index contributed by atoms with van der Waals surface area (Å²) in [5.41, 5.74) is 1.90. The molecule has 0 aliphatic rings. The van der Waals surface area contributed by atoms with E-state index in [1.54, 1.807) is 18.2 Å². The summed E-state index contributed by atoms with van der Waals surface area (Å²) in [6.07, 6.45) is 0.400. The zero-order chi connectivity index (χ0) is 26.5. The van der Waals surface area contributed by atoms with Crippen molar-refractivity contribution < 1.29 is 18.0 Å². The molecule has 0 spiro atoms. The van der Waals surface area contributed by atoms with E-state index in [1.165, 1.54) is 11.9 Å². The number of hydrogen-bond acceptors (Lipinski definition) is 4. The maximum Gasteiger partial charge on any atom is 0.243 e. The lowest BCUT2D eigenvalue weighted by atomic mass is 10.1. The molecule has 3 aromatic rings. The number of fused-ring (bicyclic) bond motifs is 1. The van der Waals surface area contributed by atoms with E-state index in [-0.39, 0.29) is 29.9 Å². The van der Waals surface area contributed by atoms with Gasteiger partial charge in [0.1, 0.15) is 6.04 Å². The Balaban J connectivity index is 1.90. The number of likely N-dealkylation sites (N-methyl/N-ethyl adjacent to an activating group) is 1. The highest BCUT2D eigenvalue weighted by atomic mass is 32.2. The van der Waals surface area contributed by atoms with Gasteiger partial charge in [0.2, 0.25) is 21.8 Å². The van der Waals surface area contributed by atoms with Gasteiger partial charge in [0, 0.05) is 19.6 Å². The van der Waals surface area contributed by atoms with Gasteiger partial charge in [-0.2, -0.15) is 4.31 Å². The van der Waals surface area contributed by atoms with Gasteiger partial charge in [0.15, 0.2) is 0 Å². The minimum atomic E-state index is -3.93. The summed E-state index contributed by atoms with van der Waals surface area (Å²) < 4.78 is 27.7. The van der Waals surface area contributed by atoms with Crippen molar-refractivity contribution in [2.75, 3.05) is 13.6 Å². The van der Waals surface area contributed by atoms with E-state index in [4.69, 9.17) is 0 Å². The monoisotopic (exact) mass is 509 g/mol. The molecule has 192 valence electrons. The van der Waals surface area contributed by atoms with Crippen molar-refractivity contribution >= 4 is 32.6 Å². The number of sulfonamides is 1. The second-order valence-corrected chi connectivity index (χ2v) is 11.4. The van der Waals surface area contributed by atoms with Crippen LogP contribution >= 0.6 is 0 Å². The first-order valence-electron chi connectivity index (χ1n) is 12.1. The van der Waals surface area contributed by atoms with Crippen LogP contribution in [0.5, 0.6) is 0 Å². The van der Waals surface area contributed by atoms with Crippen LogP contribution in [-0.2, 0) is 26.2 Å². The van der Waals surface area contributed by atoms with Gasteiger partial charge < -0.3 is 10.2 Å². The molecule has 0 saturated heterocycles. The predicted molar refractivity (Wildman–Crippen MR) is 143 cm³/mol. The third-order valence-corrected chi connectivity index (χ3v) is 8.01. The predicted octanol–water partition coefficient (Wildman–Crippen LogP) is 4.10. The summed E-state index contributed by atoms with van der Waals surface area (Å²) in [7, 11) is -2.53. The average molecular weight is 510 g/mol. The second kappa shape index (κ2) is 11.7. The Kier molecular flexibility index (Phi) is 8.87. The van der Waals surface area contributed by atoms with Crippen LogP contribution < -0.4 is 5.32 Å². The molecule has 3 aromatic carbocycles. The summed E-state index contributed by atoms with van der Waals surface area (Å²) >= 11 is 0. The van der Waals surface area contributed by atoms with Crippen LogP contribution in [0.25, 0.3) is 10.8 Å². The Labute approximate surface area is 214 Å². The Morgan fingerprint density at radius 3 is 2.22 bits per heavy atom. The van der Waals surface area contributed by atoms with Crippen molar-refractivity contribution in [1.82, 2.24) is 14.5 Å². The Morgan fingerprint density at radius 2 is 1.58 bits per heavy atom. The van der Waals surface area contributed by atoms with Gasteiger partial charge in [-0.05, 0) is 61.2 Å². The van der Waals surface area contributed by atoms with Crippen molar-refractivity contribution in [3.8, 4) is 0 Å². The maximum atomic E-state index is 13.6. The SMILES string of the molecule is CC[C@H](C(=O)NC(C)C)N(Cc1ccccc1C)C(=O)CN(C)S(=O)(=O)c1ccc2ccccc2c1. The molecule has 0 bridgehead atoms. The number of nitrogens with zero attached hydrogens (tertiary/aromatic N) is 2. The van der Waals surface area contributed by atoms with Crippen molar-refractivity contribution in [3.05, 3.63) is 77.9 Å². The maximum absolute atomic E-state index is 13.6. The summed E-state index contributed by atoms with van der Waals surface area (Å²) in [6.45, 7) is 7.34. The molecule has 0 saturated carbocycles. The molecule has 0 fully saturated rings. The second-order valence-electron chi connectivity index (χ2n) is 9.31. The van der Waals surface area contributed by atoms with E-state index in [0.29, 0.717) is 6.42 Å². The highest BCUT2D eigenvalue weighted by Crippen LogP contribution is 2.22. The number of rotatable bonds is 10. The summed E-state index contributed by atoms with van der Waals surface area (Å²) in [6, 6.07) is 19.3. The standard InChI is InChI=1S/C28H35N3O4S/c1-6-26(28(33)29-20(2)3)31(18-24-14-8-7-11-21(24)4)27(32)19-30(5)36(34,35)25-16-15-22-12-9-10-13-23(22)17-25/h7-17,20,26H,6,18-19H2,1-5H3,(H,29,33)/t26-/m1/s1. The minimum Gasteiger partial charge on any atom is -0.352 e. The first kappa shape index (κ1) is 27.4.